The first-order valence-corrected chi connectivity index (χ1v) is 5.13. The van der Waals surface area contributed by atoms with Crippen molar-refractivity contribution in [1.82, 2.24) is 0 Å². The quantitative estimate of drug-likeness (QED) is 0.658. The Labute approximate surface area is 109 Å². The molecule has 1 aromatic carbocycles. The van der Waals surface area contributed by atoms with Crippen LogP contribution in [0.1, 0.15) is 18.1 Å². The summed E-state index contributed by atoms with van der Waals surface area (Å²) >= 11 is 0. The zero-order valence-corrected chi connectivity index (χ0v) is 9.93. The molecule has 110 valence electrons. The van der Waals surface area contributed by atoms with Crippen molar-refractivity contribution >= 4 is 11.5 Å². The molecule has 0 bridgehead atoms. The van der Waals surface area contributed by atoms with Gasteiger partial charge in [0.1, 0.15) is 0 Å². The third-order valence-electron chi connectivity index (χ3n) is 2.46. The van der Waals surface area contributed by atoms with Crippen molar-refractivity contribution in [2.24, 2.45) is 0 Å². The lowest BCUT2D eigenvalue weighted by atomic mass is 9.98. The van der Waals surface area contributed by atoms with Gasteiger partial charge in [-0.15, -0.1) is 0 Å². The van der Waals surface area contributed by atoms with E-state index in [1.54, 1.807) is 0 Å². The summed E-state index contributed by atoms with van der Waals surface area (Å²) in [5, 5.41) is 8.63. The molecule has 0 amide bonds. The van der Waals surface area contributed by atoms with Crippen LogP contribution in [0, 0.1) is 0 Å². The van der Waals surface area contributed by atoms with Crippen molar-refractivity contribution in [3.63, 3.8) is 0 Å². The fraction of sp³-hybridized carbons (Fsp3) is 0.250. The van der Waals surface area contributed by atoms with Crippen LogP contribution in [0.15, 0.2) is 29.8 Å². The highest BCUT2D eigenvalue weighted by atomic mass is 19.4. The third-order valence-corrected chi connectivity index (χ3v) is 2.46. The van der Waals surface area contributed by atoms with Gasteiger partial charge in [-0.1, -0.05) is 12.1 Å². The van der Waals surface area contributed by atoms with Gasteiger partial charge in [0.25, 0.3) is 0 Å². The molecule has 0 fully saturated rings. The second-order valence-electron chi connectivity index (χ2n) is 3.88. The van der Waals surface area contributed by atoms with E-state index in [9.17, 15) is 31.1 Å². The molecule has 0 aliphatic heterocycles. The topological polar surface area (TPSA) is 37.3 Å². The van der Waals surface area contributed by atoms with Crippen LogP contribution in [0.25, 0.3) is 5.57 Å². The zero-order chi connectivity index (χ0) is 15.7. The lowest BCUT2D eigenvalue weighted by Gasteiger charge is -2.15. The van der Waals surface area contributed by atoms with Gasteiger partial charge >= 0.3 is 18.3 Å². The molecule has 0 spiro atoms. The number of allylic oxidation sites excluding steroid dienone is 1. The number of halogens is 6. The van der Waals surface area contributed by atoms with Crippen LogP contribution in [0.3, 0.4) is 0 Å². The van der Waals surface area contributed by atoms with Gasteiger partial charge in [0, 0.05) is 5.57 Å². The van der Waals surface area contributed by atoms with Crippen LogP contribution in [0.2, 0.25) is 0 Å². The summed E-state index contributed by atoms with van der Waals surface area (Å²) in [6.07, 6.45) is -9.89. The van der Waals surface area contributed by atoms with E-state index in [0.717, 1.165) is 12.1 Å². The molecule has 0 aromatic heterocycles. The van der Waals surface area contributed by atoms with Gasteiger partial charge in [-0.25, -0.2) is 4.79 Å². The number of aliphatic carboxylic acids is 1. The van der Waals surface area contributed by atoms with Crippen molar-refractivity contribution < 1.29 is 36.2 Å². The lowest BCUT2D eigenvalue weighted by molar-refractivity contribution is -0.137. The monoisotopic (exact) mass is 298 g/mol. The normalized spacial score (nSPS) is 13.9. The Morgan fingerprint density at radius 3 is 2.05 bits per heavy atom. The first-order valence-electron chi connectivity index (χ1n) is 5.13. The highest BCUT2D eigenvalue weighted by Crippen LogP contribution is 2.38. The van der Waals surface area contributed by atoms with E-state index >= 15 is 0 Å². The molecule has 0 saturated carbocycles. The highest BCUT2D eigenvalue weighted by Gasteiger charge is 2.39. The van der Waals surface area contributed by atoms with Gasteiger partial charge in [0.15, 0.2) is 0 Å². The maximum absolute atomic E-state index is 12.8. The van der Waals surface area contributed by atoms with Gasteiger partial charge in [0.2, 0.25) is 0 Å². The first-order chi connectivity index (χ1) is 8.94. The molecule has 2 nitrogen and oxygen atoms in total. The molecule has 0 aliphatic carbocycles. The molecule has 0 radical (unpaired) electrons. The summed E-state index contributed by atoms with van der Waals surface area (Å²) in [5.74, 6) is -1.85. The Hall–Kier alpha value is -1.99. The molecule has 0 heterocycles. The number of alkyl halides is 6. The van der Waals surface area contributed by atoms with Crippen LogP contribution in [-0.4, -0.2) is 17.3 Å². The highest BCUT2D eigenvalue weighted by molar-refractivity contribution is 5.97. The van der Waals surface area contributed by atoms with Gasteiger partial charge in [-0.05, 0) is 24.6 Å². The van der Waals surface area contributed by atoms with E-state index in [2.05, 4.69) is 0 Å². The van der Waals surface area contributed by atoms with E-state index in [-0.39, 0.29) is 6.07 Å². The largest absolute Gasteiger partial charge is 0.478 e. The molecular weight excluding hydrogens is 290 g/mol. The van der Waals surface area contributed by atoms with E-state index in [1.807, 2.05) is 0 Å². The first kappa shape index (κ1) is 16.1. The van der Waals surface area contributed by atoms with Crippen LogP contribution < -0.4 is 0 Å². The van der Waals surface area contributed by atoms with Gasteiger partial charge in [-0.2, -0.15) is 26.3 Å². The summed E-state index contributed by atoms with van der Waals surface area (Å²) in [6.45, 7) is 0.686. The second kappa shape index (κ2) is 5.18. The standard InChI is InChI=1S/C12H8F6O2/c1-6(10(19)20)9(12(16,17)18)7-3-2-4-8(5-7)11(13,14)15/h2-5H,1H3,(H,19,20). The zero-order valence-electron chi connectivity index (χ0n) is 9.93. The van der Waals surface area contributed by atoms with Gasteiger partial charge in [-0.3, -0.25) is 0 Å². The maximum Gasteiger partial charge on any atom is 0.417 e. The minimum Gasteiger partial charge on any atom is -0.478 e. The lowest BCUT2D eigenvalue weighted by Crippen LogP contribution is -2.16. The Balaban J connectivity index is 3.53. The van der Waals surface area contributed by atoms with Crippen molar-refractivity contribution in [2.75, 3.05) is 0 Å². The SMILES string of the molecule is CC(C(=O)O)=C(c1cccc(C(F)(F)F)c1)C(F)(F)F. The molecular formula is C12H8F6O2. The predicted octanol–water partition coefficient (Wildman–Crippen LogP) is 4.13. The van der Waals surface area contributed by atoms with Crippen molar-refractivity contribution in [3.8, 4) is 0 Å². The van der Waals surface area contributed by atoms with E-state index in [0.29, 0.717) is 13.0 Å². The maximum atomic E-state index is 12.8. The molecule has 0 aliphatic rings. The van der Waals surface area contributed by atoms with E-state index < -0.39 is 40.6 Å². The molecule has 1 aromatic rings. The minimum atomic E-state index is -5.08. The average molecular weight is 298 g/mol. The third kappa shape index (κ3) is 3.52. The van der Waals surface area contributed by atoms with Crippen LogP contribution in [0.4, 0.5) is 26.3 Å². The number of carboxylic acid groups (broad SMARTS) is 1. The minimum absolute atomic E-state index is 0.273. The summed E-state index contributed by atoms with van der Waals surface area (Å²) in [7, 11) is 0. The van der Waals surface area contributed by atoms with Gasteiger partial charge < -0.3 is 5.11 Å². The molecule has 1 N–H and O–H groups in total. The van der Waals surface area contributed by atoms with E-state index in [4.69, 9.17) is 5.11 Å². The Morgan fingerprint density at radius 2 is 1.65 bits per heavy atom. The summed E-state index contributed by atoms with van der Waals surface area (Å²) < 4.78 is 75.9. The Bertz CT molecular complexity index is 554. The van der Waals surface area contributed by atoms with Crippen molar-refractivity contribution in [3.05, 3.63) is 41.0 Å². The molecule has 20 heavy (non-hydrogen) atoms. The average Bonchev–Trinajstić information content (AvgIpc) is 2.26. The molecule has 1 rings (SSSR count). The number of carbonyl (C=O) groups is 1. The van der Waals surface area contributed by atoms with Crippen molar-refractivity contribution in [2.45, 2.75) is 19.3 Å². The molecule has 8 heteroatoms. The number of benzene rings is 1. The number of rotatable bonds is 2. The number of hydrogen-bond donors (Lipinski definition) is 1. The second-order valence-corrected chi connectivity index (χ2v) is 3.88. The van der Waals surface area contributed by atoms with Crippen LogP contribution >= 0.6 is 0 Å². The fourth-order valence-electron chi connectivity index (χ4n) is 1.55. The summed E-state index contributed by atoms with van der Waals surface area (Å²) in [5.41, 5.74) is -4.80. The molecule has 0 unspecified atom stereocenters. The van der Waals surface area contributed by atoms with Crippen LogP contribution in [0.5, 0.6) is 0 Å². The Kier molecular flexibility index (Phi) is 4.16. The summed E-state index contributed by atoms with van der Waals surface area (Å²) in [4.78, 5) is 10.7. The number of carboxylic acids is 1. The van der Waals surface area contributed by atoms with Crippen LogP contribution in [-0.2, 0) is 11.0 Å². The number of hydrogen-bond acceptors (Lipinski definition) is 1. The molecule has 0 saturated heterocycles. The summed E-state index contributed by atoms with van der Waals surface area (Å²) in [6, 6.07) is 2.45. The predicted molar refractivity (Wildman–Crippen MR) is 57.7 cm³/mol. The fourth-order valence-corrected chi connectivity index (χ4v) is 1.55. The van der Waals surface area contributed by atoms with Gasteiger partial charge in [0.05, 0.1) is 11.1 Å². The Morgan fingerprint density at radius 1 is 1.10 bits per heavy atom. The smallest absolute Gasteiger partial charge is 0.417 e. The van der Waals surface area contributed by atoms with E-state index in [1.165, 1.54) is 0 Å². The molecule has 0 atom stereocenters. The van der Waals surface area contributed by atoms with Crippen molar-refractivity contribution in [1.29, 1.82) is 0 Å².